The molecule has 0 bridgehead atoms. The number of nitrogens with zero attached hydrogens (tertiary/aromatic N) is 3. The van der Waals surface area contributed by atoms with Crippen LogP contribution in [-0.2, 0) is 4.79 Å². The Bertz CT molecular complexity index is 1240. The van der Waals surface area contributed by atoms with E-state index in [0.717, 1.165) is 21.9 Å². The lowest BCUT2D eigenvalue weighted by Gasteiger charge is -2.13. The highest BCUT2D eigenvalue weighted by molar-refractivity contribution is 7.15. The van der Waals surface area contributed by atoms with Gasteiger partial charge in [0, 0.05) is 5.92 Å². The van der Waals surface area contributed by atoms with Crippen LogP contribution in [0.3, 0.4) is 0 Å². The van der Waals surface area contributed by atoms with E-state index in [1.165, 1.54) is 24.5 Å². The van der Waals surface area contributed by atoms with Crippen molar-refractivity contribution in [2.45, 2.75) is 33.6 Å². The molecule has 0 saturated carbocycles. The number of hydrogen-bond donors (Lipinski definition) is 1. The average molecular weight is 493 g/mol. The van der Waals surface area contributed by atoms with Gasteiger partial charge in [-0.3, -0.25) is 10.1 Å². The molecule has 0 saturated heterocycles. The Kier molecular flexibility index (Phi) is 8.81. The number of anilines is 1. The van der Waals surface area contributed by atoms with Crippen LogP contribution in [0.1, 0.15) is 41.5 Å². The highest BCUT2D eigenvalue weighted by atomic mass is 32.1. The first-order valence-electron chi connectivity index (χ1n) is 11.1. The Morgan fingerprint density at radius 3 is 2.43 bits per heavy atom. The average Bonchev–Trinajstić information content (AvgIpc) is 3.29. The fourth-order valence-electron chi connectivity index (χ4n) is 3.22. The number of nitrogens with one attached hydrogen (secondary N) is 1. The van der Waals surface area contributed by atoms with Crippen LogP contribution < -0.4 is 19.5 Å². The van der Waals surface area contributed by atoms with Crippen LogP contribution in [0.2, 0.25) is 0 Å². The summed E-state index contributed by atoms with van der Waals surface area (Å²) < 4.78 is 17.0. The third-order valence-corrected chi connectivity index (χ3v) is 5.96. The number of carbonyl (C=O) groups excluding carboxylic acids is 1. The summed E-state index contributed by atoms with van der Waals surface area (Å²) >= 11 is 1.28. The van der Waals surface area contributed by atoms with Crippen LogP contribution in [-0.4, -0.2) is 36.4 Å². The second-order valence-electron chi connectivity index (χ2n) is 8.15. The summed E-state index contributed by atoms with van der Waals surface area (Å²) in [5.74, 6) is 1.47. The van der Waals surface area contributed by atoms with Gasteiger partial charge in [0.1, 0.15) is 35.6 Å². The molecule has 1 N–H and O–H groups in total. The number of rotatable bonds is 10. The smallest absolute Gasteiger partial charge is 0.268 e. The van der Waals surface area contributed by atoms with Crippen LogP contribution in [0.15, 0.2) is 42.0 Å². The molecule has 3 rings (SSSR count). The maximum atomic E-state index is 12.5. The van der Waals surface area contributed by atoms with Gasteiger partial charge in [-0.25, -0.2) is 0 Å². The minimum atomic E-state index is -0.554. The molecule has 0 aliphatic carbocycles. The Labute approximate surface area is 209 Å². The molecule has 35 heavy (non-hydrogen) atoms. The van der Waals surface area contributed by atoms with Gasteiger partial charge in [0.2, 0.25) is 5.13 Å². The highest BCUT2D eigenvalue weighted by Crippen LogP contribution is 2.29. The molecule has 0 fully saturated rings. The molecule has 0 unspecified atom stereocenters. The zero-order chi connectivity index (χ0) is 25.4. The van der Waals surface area contributed by atoms with Crippen LogP contribution >= 0.6 is 11.3 Å². The van der Waals surface area contributed by atoms with Gasteiger partial charge in [-0.1, -0.05) is 37.3 Å². The van der Waals surface area contributed by atoms with E-state index < -0.39 is 5.91 Å². The highest BCUT2D eigenvalue weighted by Gasteiger charge is 2.15. The zero-order valence-corrected chi connectivity index (χ0v) is 21.2. The van der Waals surface area contributed by atoms with Crippen molar-refractivity contribution < 1.29 is 19.0 Å². The summed E-state index contributed by atoms with van der Waals surface area (Å²) in [7, 11) is 1.53. The molecule has 0 aliphatic heterocycles. The van der Waals surface area contributed by atoms with Crippen molar-refractivity contribution in [1.29, 1.82) is 5.26 Å². The van der Waals surface area contributed by atoms with Gasteiger partial charge in [0.05, 0.1) is 7.11 Å². The van der Waals surface area contributed by atoms with Gasteiger partial charge in [-0.05, 0) is 60.9 Å². The lowest BCUT2D eigenvalue weighted by molar-refractivity contribution is -0.112. The van der Waals surface area contributed by atoms with E-state index in [1.54, 1.807) is 18.2 Å². The molecule has 182 valence electrons. The van der Waals surface area contributed by atoms with Gasteiger partial charge in [-0.15, -0.1) is 10.2 Å². The summed E-state index contributed by atoms with van der Waals surface area (Å²) in [6.45, 7) is 8.73. The molecule has 0 radical (unpaired) electrons. The number of amides is 1. The third-order valence-electron chi connectivity index (χ3n) is 4.82. The minimum Gasteiger partial charge on any atom is -0.493 e. The predicted octanol–water partition coefficient (Wildman–Crippen LogP) is 5.29. The Morgan fingerprint density at radius 1 is 1.09 bits per heavy atom. The Balaban J connectivity index is 1.63. The number of benzene rings is 2. The van der Waals surface area contributed by atoms with E-state index in [9.17, 15) is 10.1 Å². The summed E-state index contributed by atoms with van der Waals surface area (Å²) in [4.78, 5) is 12.5. The summed E-state index contributed by atoms with van der Waals surface area (Å²) in [5, 5.41) is 21.3. The largest absolute Gasteiger partial charge is 0.493 e. The summed E-state index contributed by atoms with van der Waals surface area (Å²) in [6.07, 6.45) is 1.48. The van der Waals surface area contributed by atoms with E-state index in [2.05, 4.69) is 21.6 Å². The van der Waals surface area contributed by atoms with Crippen molar-refractivity contribution in [3.63, 3.8) is 0 Å². The standard InChI is InChI=1S/C26H28N4O4S/c1-16(2)25-29-30-26(35-25)28-24(31)20(15-27)13-19-6-7-22(23(14-19)32-5)34-9-8-33-21-11-17(3)10-18(4)12-21/h6-7,10-14,16H,8-9H2,1-5H3,(H,28,30,31)/b20-13-. The molecule has 8 nitrogen and oxygen atoms in total. The summed E-state index contributed by atoms with van der Waals surface area (Å²) in [6, 6.07) is 13.2. The van der Waals surface area contributed by atoms with E-state index in [-0.39, 0.29) is 11.5 Å². The number of carbonyl (C=O) groups is 1. The number of aryl methyl sites for hydroxylation is 2. The number of nitriles is 1. The van der Waals surface area contributed by atoms with E-state index >= 15 is 0 Å². The van der Waals surface area contributed by atoms with Crippen molar-refractivity contribution >= 4 is 28.5 Å². The maximum Gasteiger partial charge on any atom is 0.268 e. The number of ether oxygens (including phenoxy) is 3. The van der Waals surface area contributed by atoms with Gasteiger partial charge in [-0.2, -0.15) is 5.26 Å². The van der Waals surface area contributed by atoms with Crippen LogP contribution in [0.5, 0.6) is 17.2 Å². The van der Waals surface area contributed by atoms with Crippen molar-refractivity contribution in [3.8, 4) is 23.3 Å². The van der Waals surface area contributed by atoms with Crippen LogP contribution in [0, 0.1) is 25.2 Å². The predicted molar refractivity (Wildman–Crippen MR) is 136 cm³/mol. The molecular formula is C26H28N4O4S. The fourth-order valence-corrected chi connectivity index (χ4v) is 3.96. The van der Waals surface area contributed by atoms with Gasteiger partial charge >= 0.3 is 0 Å². The molecule has 3 aromatic rings. The SMILES string of the molecule is COc1cc(/C=C(/C#N)C(=O)Nc2nnc(C(C)C)s2)ccc1OCCOc1cc(C)cc(C)c1. The minimum absolute atomic E-state index is 0.0659. The molecule has 9 heteroatoms. The molecule has 0 aliphatic rings. The Morgan fingerprint density at radius 2 is 1.80 bits per heavy atom. The normalized spacial score (nSPS) is 11.2. The van der Waals surface area contributed by atoms with Crippen molar-refractivity contribution in [1.82, 2.24) is 10.2 Å². The Hall–Kier alpha value is -3.90. The van der Waals surface area contributed by atoms with Crippen molar-refractivity contribution in [3.05, 3.63) is 63.7 Å². The number of hydrogen-bond acceptors (Lipinski definition) is 8. The lowest BCUT2D eigenvalue weighted by Crippen LogP contribution is -2.13. The first kappa shape index (κ1) is 25.7. The first-order chi connectivity index (χ1) is 16.8. The molecule has 0 spiro atoms. The lowest BCUT2D eigenvalue weighted by atomic mass is 10.1. The van der Waals surface area contributed by atoms with E-state index in [4.69, 9.17) is 14.2 Å². The third kappa shape index (κ3) is 7.29. The maximum absolute atomic E-state index is 12.5. The van der Waals surface area contributed by atoms with Gasteiger partial charge in [0.15, 0.2) is 11.5 Å². The van der Waals surface area contributed by atoms with E-state index in [1.807, 2.05) is 45.9 Å². The second kappa shape index (κ2) is 12.0. The monoisotopic (exact) mass is 492 g/mol. The molecule has 1 heterocycles. The van der Waals surface area contributed by atoms with Gasteiger partial charge < -0.3 is 14.2 Å². The molecule has 1 aromatic heterocycles. The van der Waals surface area contributed by atoms with Crippen molar-refractivity contribution in [2.24, 2.45) is 0 Å². The topological polar surface area (TPSA) is 106 Å². The van der Waals surface area contributed by atoms with Gasteiger partial charge in [0.25, 0.3) is 5.91 Å². The molecule has 0 atom stereocenters. The second-order valence-corrected chi connectivity index (χ2v) is 9.16. The number of aromatic nitrogens is 2. The van der Waals surface area contributed by atoms with Crippen LogP contribution in [0.4, 0.5) is 5.13 Å². The van der Waals surface area contributed by atoms with Crippen molar-refractivity contribution in [2.75, 3.05) is 25.6 Å². The first-order valence-corrected chi connectivity index (χ1v) is 11.9. The molecule has 2 aromatic carbocycles. The van der Waals surface area contributed by atoms with Crippen LogP contribution in [0.25, 0.3) is 6.08 Å². The number of methoxy groups -OCH3 is 1. The van der Waals surface area contributed by atoms with E-state index in [0.29, 0.717) is 35.4 Å². The quantitative estimate of drug-likeness (QED) is 0.233. The molecule has 1 amide bonds. The zero-order valence-electron chi connectivity index (χ0n) is 20.4. The fraction of sp³-hybridized carbons (Fsp3) is 0.308. The molecular weight excluding hydrogens is 464 g/mol. The summed E-state index contributed by atoms with van der Waals surface area (Å²) in [5.41, 5.74) is 2.83.